The number of carbonyl (C=O) groups is 1. The lowest BCUT2D eigenvalue weighted by atomic mass is 10.2. The third kappa shape index (κ3) is 2.79. The summed E-state index contributed by atoms with van der Waals surface area (Å²) >= 11 is 5.75. The molecule has 1 saturated heterocycles. The second-order valence-corrected chi connectivity index (χ2v) is 5.91. The Bertz CT molecular complexity index is 468. The fourth-order valence-electron chi connectivity index (χ4n) is 1.66. The first-order valence-corrected chi connectivity index (χ1v) is 7.07. The maximum atomic E-state index is 12.1. The third-order valence-corrected chi connectivity index (χ3v) is 4.24. The first-order valence-electron chi connectivity index (χ1n) is 5.20. The Kier molecular flexibility index (Phi) is 3.69. The molecular weight excluding hydrogens is 262 g/mol. The Morgan fingerprint density at radius 2 is 2.00 bits per heavy atom. The number of phenolic OH excluding ortho intramolecular Hbond substituents is 1. The van der Waals surface area contributed by atoms with Gasteiger partial charge in [0.2, 0.25) is 0 Å². The summed E-state index contributed by atoms with van der Waals surface area (Å²) in [4.78, 5) is 13.7. The van der Waals surface area contributed by atoms with Crippen LogP contribution < -0.4 is 0 Å². The molecule has 17 heavy (non-hydrogen) atoms. The molecule has 1 aliphatic rings. The van der Waals surface area contributed by atoms with E-state index in [1.54, 1.807) is 4.90 Å². The van der Waals surface area contributed by atoms with E-state index >= 15 is 0 Å². The minimum atomic E-state index is -0.802. The zero-order valence-corrected chi connectivity index (χ0v) is 10.6. The molecule has 1 N–H and O–H groups in total. The van der Waals surface area contributed by atoms with Crippen LogP contribution >= 0.6 is 11.6 Å². The Morgan fingerprint density at radius 1 is 1.35 bits per heavy atom. The van der Waals surface area contributed by atoms with Gasteiger partial charge >= 0.3 is 0 Å². The van der Waals surface area contributed by atoms with E-state index in [0.717, 1.165) is 0 Å². The van der Waals surface area contributed by atoms with Gasteiger partial charge in [-0.05, 0) is 18.2 Å². The molecule has 1 fully saturated rings. The molecule has 1 aromatic rings. The topological polar surface area (TPSA) is 57.6 Å². The maximum absolute atomic E-state index is 12.1. The number of phenols is 1. The quantitative estimate of drug-likeness (QED) is 0.838. The van der Waals surface area contributed by atoms with Gasteiger partial charge in [-0.25, -0.2) is 0 Å². The predicted molar refractivity (Wildman–Crippen MR) is 66.9 cm³/mol. The van der Waals surface area contributed by atoms with Gasteiger partial charge in [-0.3, -0.25) is 9.00 Å². The second kappa shape index (κ2) is 5.06. The molecule has 0 bridgehead atoms. The highest BCUT2D eigenvalue weighted by Gasteiger charge is 2.21. The highest BCUT2D eigenvalue weighted by Crippen LogP contribution is 2.24. The largest absolute Gasteiger partial charge is 0.506 e. The normalized spacial score (nSPS) is 17.1. The van der Waals surface area contributed by atoms with Crippen molar-refractivity contribution in [1.29, 1.82) is 0 Å². The van der Waals surface area contributed by atoms with Crippen molar-refractivity contribution in [3.8, 4) is 5.75 Å². The molecule has 1 amide bonds. The zero-order chi connectivity index (χ0) is 12.4. The van der Waals surface area contributed by atoms with Crippen LogP contribution in [0.15, 0.2) is 18.2 Å². The SMILES string of the molecule is O=C(c1ccc(O)c(Cl)c1)N1CCS(=O)CC1. The van der Waals surface area contributed by atoms with Crippen LogP contribution in [-0.4, -0.2) is 44.7 Å². The van der Waals surface area contributed by atoms with Crippen LogP contribution in [-0.2, 0) is 10.8 Å². The monoisotopic (exact) mass is 273 g/mol. The van der Waals surface area contributed by atoms with E-state index in [2.05, 4.69) is 0 Å². The van der Waals surface area contributed by atoms with Gasteiger partial charge < -0.3 is 10.0 Å². The smallest absolute Gasteiger partial charge is 0.253 e. The molecule has 1 aliphatic heterocycles. The molecule has 0 spiro atoms. The van der Waals surface area contributed by atoms with Crippen LogP contribution in [0.2, 0.25) is 5.02 Å². The van der Waals surface area contributed by atoms with Gasteiger partial charge in [-0.2, -0.15) is 0 Å². The number of aromatic hydroxyl groups is 1. The number of hydrogen-bond acceptors (Lipinski definition) is 3. The minimum absolute atomic E-state index is 0.0389. The highest BCUT2D eigenvalue weighted by atomic mass is 35.5. The van der Waals surface area contributed by atoms with Crippen molar-refractivity contribution in [2.75, 3.05) is 24.6 Å². The van der Waals surface area contributed by atoms with Crippen molar-refractivity contribution < 1.29 is 14.1 Å². The fraction of sp³-hybridized carbons (Fsp3) is 0.364. The Hall–Kier alpha value is -1.07. The molecule has 0 unspecified atom stereocenters. The van der Waals surface area contributed by atoms with Gasteiger partial charge in [-0.15, -0.1) is 0 Å². The molecule has 0 saturated carbocycles. The summed E-state index contributed by atoms with van der Waals surface area (Å²) in [5, 5.41) is 9.44. The predicted octanol–water partition coefficient (Wildman–Crippen LogP) is 1.25. The number of halogens is 1. The van der Waals surface area contributed by atoms with Crippen molar-refractivity contribution in [3.05, 3.63) is 28.8 Å². The van der Waals surface area contributed by atoms with Crippen molar-refractivity contribution in [2.24, 2.45) is 0 Å². The summed E-state index contributed by atoms with van der Waals surface area (Å²) in [5.41, 5.74) is 0.445. The molecule has 6 heteroatoms. The van der Waals surface area contributed by atoms with Crippen LogP contribution in [0.25, 0.3) is 0 Å². The average Bonchev–Trinajstić information content (AvgIpc) is 2.33. The van der Waals surface area contributed by atoms with Gasteiger partial charge in [-0.1, -0.05) is 11.6 Å². The van der Waals surface area contributed by atoms with Crippen molar-refractivity contribution in [3.63, 3.8) is 0 Å². The molecule has 0 atom stereocenters. The second-order valence-electron chi connectivity index (χ2n) is 3.81. The van der Waals surface area contributed by atoms with Crippen LogP contribution in [0.1, 0.15) is 10.4 Å². The number of benzene rings is 1. The van der Waals surface area contributed by atoms with E-state index in [4.69, 9.17) is 11.6 Å². The van der Waals surface area contributed by atoms with E-state index in [9.17, 15) is 14.1 Å². The van der Waals surface area contributed by atoms with Gasteiger partial charge in [0, 0.05) is 41.0 Å². The maximum Gasteiger partial charge on any atom is 0.253 e. The molecule has 1 heterocycles. The van der Waals surface area contributed by atoms with Crippen molar-refractivity contribution in [1.82, 2.24) is 4.90 Å². The summed E-state index contributed by atoms with van der Waals surface area (Å²) in [6.45, 7) is 1.01. The fourth-order valence-corrected chi connectivity index (χ4v) is 2.90. The zero-order valence-electron chi connectivity index (χ0n) is 9.06. The molecule has 92 valence electrons. The Labute approximate surface area is 107 Å². The number of carbonyl (C=O) groups excluding carboxylic acids is 1. The average molecular weight is 274 g/mol. The lowest BCUT2D eigenvalue weighted by molar-refractivity contribution is 0.0771. The summed E-state index contributed by atoms with van der Waals surface area (Å²) in [6.07, 6.45) is 0. The van der Waals surface area contributed by atoms with Gasteiger partial charge in [0.15, 0.2) is 0 Å². The molecule has 0 aromatic heterocycles. The number of nitrogens with zero attached hydrogens (tertiary/aromatic N) is 1. The number of hydrogen-bond donors (Lipinski definition) is 1. The highest BCUT2D eigenvalue weighted by molar-refractivity contribution is 7.85. The van der Waals surface area contributed by atoms with Gasteiger partial charge in [0.1, 0.15) is 5.75 Å². The van der Waals surface area contributed by atoms with E-state index < -0.39 is 10.8 Å². The van der Waals surface area contributed by atoms with Crippen LogP contribution in [0.3, 0.4) is 0 Å². The van der Waals surface area contributed by atoms with E-state index in [1.807, 2.05) is 0 Å². The number of amides is 1. The molecule has 0 aliphatic carbocycles. The lowest BCUT2D eigenvalue weighted by Gasteiger charge is -2.26. The molecular formula is C11H12ClNO3S. The molecule has 1 aromatic carbocycles. The lowest BCUT2D eigenvalue weighted by Crippen LogP contribution is -2.41. The van der Waals surface area contributed by atoms with E-state index in [0.29, 0.717) is 30.2 Å². The molecule has 0 radical (unpaired) electrons. The first kappa shape index (κ1) is 12.4. The molecule has 2 rings (SSSR count). The van der Waals surface area contributed by atoms with Crippen LogP contribution in [0.5, 0.6) is 5.75 Å². The summed E-state index contributed by atoms with van der Waals surface area (Å²) in [7, 11) is -0.802. The van der Waals surface area contributed by atoms with Crippen molar-refractivity contribution in [2.45, 2.75) is 0 Å². The van der Waals surface area contributed by atoms with E-state index in [-0.39, 0.29) is 16.7 Å². The standard InChI is InChI=1S/C11H12ClNO3S/c12-9-7-8(1-2-10(9)14)11(15)13-3-5-17(16)6-4-13/h1-2,7,14H,3-6H2. The van der Waals surface area contributed by atoms with Gasteiger partial charge in [0.25, 0.3) is 5.91 Å². The van der Waals surface area contributed by atoms with E-state index in [1.165, 1.54) is 18.2 Å². The summed E-state index contributed by atoms with van der Waals surface area (Å²) in [5.74, 6) is 0.876. The minimum Gasteiger partial charge on any atom is -0.506 e. The summed E-state index contributed by atoms with van der Waals surface area (Å²) in [6, 6.07) is 4.39. The third-order valence-electron chi connectivity index (χ3n) is 2.66. The van der Waals surface area contributed by atoms with Crippen LogP contribution in [0.4, 0.5) is 0 Å². The summed E-state index contributed by atoms with van der Waals surface area (Å²) < 4.78 is 11.2. The van der Waals surface area contributed by atoms with Crippen molar-refractivity contribution >= 4 is 28.3 Å². The number of rotatable bonds is 1. The first-order chi connectivity index (χ1) is 8.08. The Balaban J connectivity index is 2.14. The van der Waals surface area contributed by atoms with Crippen LogP contribution in [0, 0.1) is 0 Å². The molecule has 4 nitrogen and oxygen atoms in total. The Morgan fingerprint density at radius 3 is 2.59 bits per heavy atom. The van der Waals surface area contributed by atoms with Gasteiger partial charge in [0.05, 0.1) is 5.02 Å².